The zero-order valence-electron chi connectivity index (χ0n) is 13.7. The van der Waals surface area contributed by atoms with Gasteiger partial charge in [-0.05, 0) is 30.7 Å². The molecule has 5 heteroatoms. The minimum absolute atomic E-state index is 0.0206. The highest BCUT2D eigenvalue weighted by molar-refractivity contribution is 5.91. The second-order valence-electron chi connectivity index (χ2n) is 5.85. The van der Waals surface area contributed by atoms with E-state index in [1.54, 1.807) is 11.0 Å². The van der Waals surface area contributed by atoms with Crippen molar-refractivity contribution in [1.82, 2.24) is 9.88 Å². The number of benzene rings is 1. The molecule has 24 heavy (non-hydrogen) atoms. The number of amides is 1. The zero-order valence-corrected chi connectivity index (χ0v) is 13.7. The maximum atomic E-state index is 12.4. The summed E-state index contributed by atoms with van der Waals surface area (Å²) in [6, 6.07) is 13.4. The lowest BCUT2D eigenvalue weighted by Crippen LogP contribution is -2.41. The maximum absolute atomic E-state index is 12.4. The van der Waals surface area contributed by atoms with Gasteiger partial charge in [-0.3, -0.25) is 9.78 Å². The van der Waals surface area contributed by atoms with Crippen molar-refractivity contribution in [3.05, 3.63) is 65.5 Å². The number of aryl methyl sites for hydroxylation is 1. The van der Waals surface area contributed by atoms with Crippen LogP contribution in [0.1, 0.15) is 23.1 Å². The van der Waals surface area contributed by atoms with Crippen LogP contribution in [0.5, 0.6) is 0 Å². The zero-order chi connectivity index (χ0) is 16.9. The molecule has 0 unspecified atom stereocenters. The van der Waals surface area contributed by atoms with Crippen LogP contribution in [0.3, 0.4) is 0 Å². The second-order valence-corrected chi connectivity index (χ2v) is 5.85. The molecule has 2 N–H and O–H groups in total. The summed E-state index contributed by atoms with van der Waals surface area (Å²) in [5.41, 5.74) is 9.17. The third-order valence-corrected chi connectivity index (χ3v) is 3.92. The molecule has 1 amide bonds. The molecule has 0 spiro atoms. The summed E-state index contributed by atoms with van der Waals surface area (Å²) >= 11 is 0. The van der Waals surface area contributed by atoms with Crippen LogP contribution in [0.4, 0.5) is 5.69 Å². The largest absolute Gasteiger partial charge is 0.399 e. The van der Waals surface area contributed by atoms with Gasteiger partial charge < -0.3 is 15.4 Å². The molecule has 1 aliphatic rings. The van der Waals surface area contributed by atoms with Gasteiger partial charge in [0.2, 0.25) is 5.91 Å². The molecule has 1 aromatic heterocycles. The SMILES string of the molecule is Cc1cc(N)cc([C@H]2CN(C(=O)/C=C/c3ccccc3)CCO2)n1. The van der Waals surface area contributed by atoms with E-state index in [1.807, 2.05) is 55.5 Å². The Morgan fingerprint density at radius 2 is 2.12 bits per heavy atom. The van der Waals surface area contributed by atoms with Crippen molar-refractivity contribution in [3.63, 3.8) is 0 Å². The van der Waals surface area contributed by atoms with Crippen LogP contribution in [0.15, 0.2) is 48.5 Å². The van der Waals surface area contributed by atoms with E-state index in [4.69, 9.17) is 10.5 Å². The number of pyridine rings is 1. The Kier molecular flexibility index (Phi) is 4.91. The van der Waals surface area contributed by atoms with Crippen molar-refractivity contribution in [1.29, 1.82) is 0 Å². The van der Waals surface area contributed by atoms with E-state index in [9.17, 15) is 4.79 Å². The highest BCUT2D eigenvalue weighted by Crippen LogP contribution is 2.23. The molecule has 124 valence electrons. The van der Waals surface area contributed by atoms with Crippen LogP contribution in [-0.2, 0) is 9.53 Å². The van der Waals surface area contributed by atoms with Gasteiger partial charge in [0.05, 0.1) is 18.8 Å². The molecule has 0 aliphatic carbocycles. The molecular weight excluding hydrogens is 302 g/mol. The number of nitrogens with zero attached hydrogens (tertiary/aromatic N) is 2. The summed E-state index contributed by atoms with van der Waals surface area (Å²) in [7, 11) is 0. The number of hydrogen-bond acceptors (Lipinski definition) is 4. The smallest absolute Gasteiger partial charge is 0.246 e. The highest BCUT2D eigenvalue weighted by atomic mass is 16.5. The van der Waals surface area contributed by atoms with Crippen LogP contribution in [0.2, 0.25) is 0 Å². The van der Waals surface area contributed by atoms with E-state index in [-0.39, 0.29) is 12.0 Å². The molecule has 0 saturated carbocycles. The van der Waals surface area contributed by atoms with E-state index >= 15 is 0 Å². The van der Waals surface area contributed by atoms with Crippen molar-refractivity contribution in [2.24, 2.45) is 0 Å². The van der Waals surface area contributed by atoms with Crippen molar-refractivity contribution in [3.8, 4) is 0 Å². The minimum atomic E-state index is -0.241. The van der Waals surface area contributed by atoms with Gasteiger partial charge in [0, 0.05) is 24.0 Å². The first kappa shape index (κ1) is 16.2. The third kappa shape index (κ3) is 4.00. The molecule has 5 nitrogen and oxygen atoms in total. The van der Waals surface area contributed by atoms with Gasteiger partial charge in [-0.25, -0.2) is 0 Å². The molecule has 0 bridgehead atoms. The topological polar surface area (TPSA) is 68.5 Å². The monoisotopic (exact) mass is 323 g/mol. The molecule has 1 aromatic carbocycles. The third-order valence-electron chi connectivity index (χ3n) is 3.92. The quantitative estimate of drug-likeness (QED) is 0.882. The van der Waals surface area contributed by atoms with Crippen LogP contribution in [-0.4, -0.2) is 35.5 Å². The summed E-state index contributed by atoms with van der Waals surface area (Å²) in [4.78, 5) is 18.7. The van der Waals surface area contributed by atoms with Crippen LogP contribution in [0, 0.1) is 6.92 Å². The van der Waals surface area contributed by atoms with Crippen molar-refractivity contribution in [2.45, 2.75) is 13.0 Å². The fourth-order valence-electron chi connectivity index (χ4n) is 2.75. The lowest BCUT2D eigenvalue weighted by Gasteiger charge is -2.32. The predicted molar refractivity (Wildman–Crippen MR) is 94.1 cm³/mol. The fourth-order valence-corrected chi connectivity index (χ4v) is 2.75. The maximum Gasteiger partial charge on any atom is 0.246 e. The van der Waals surface area contributed by atoms with E-state index in [0.29, 0.717) is 25.4 Å². The second kappa shape index (κ2) is 7.27. The number of nitrogens with two attached hydrogens (primary N) is 1. The van der Waals surface area contributed by atoms with Crippen LogP contribution in [0.25, 0.3) is 6.08 Å². The molecule has 2 heterocycles. The van der Waals surface area contributed by atoms with Gasteiger partial charge in [0.15, 0.2) is 0 Å². The Bertz CT molecular complexity index is 723. The number of nitrogen functional groups attached to an aromatic ring is 1. The Labute approximate surface area is 141 Å². The van der Waals surface area contributed by atoms with Gasteiger partial charge >= 0.3 is 0 Å². The molecule has 3 rings (SSSR count). The minimum Gasteiger partial charge on any atom is -0.399 e. The number of carbonyl (C=O) groups excluding carboxylic acids is 1. The number of carbonyl (C=O) groups is 1. The van der Waals surface area contributed by atoms with Gasteiger partial charge in [-0.2, -0.15) is 0 Å². The summed E-state index contributed by atoms with van der Waals surface area (Å²) in [6.07, 6.45) is 3.20. The average Bonchev–Trinajstić information content (AvgIpc) is 2.60. The van der Waals surface area contributed by atoms with Crippen molar-refractivity contribution < 1.29 is 9.53 Å². The molecule has 0 radical (unpaired) electrons. The van der Waals surface area contributed by atoms with Crippen molar-refractivity contribution in [2.75, 3.05) is 25.4 Å². The number of hydrogen-bond donors (Lipinski definition) is 1. The molecular formula is C19H21N3O2. The molecule has 1 atom stereocenters. The fraction of sp³-hybridized carbons (Fsp3) is 0.263. The van der Waals surface area contributed by atoms with Crippen LogP contribution >= 0.6 is 0 Å². The summed E-state index contributed by atoms with van der Waals surface area (Å²) in [5, 5.41) is 0. The van der Waals surface area contributed by atoms with E-state index < -0.39 is 0 Å². The summed E-state index contributed by atoms with van der Waals surface area (Å²) in [5.74, 6) is -0.0206. The number of ether oxygens (including phenoxy) is 1. The number of morpholine rings is 1. The molecule has 1 saturated heterocycles. The van der Waals surface area contributed by atoms with Gasteiger partial charge in [0.1, 0.15) is 6.10 Å². The Balaban J connectivity index is 1.68. The first-order valence-electron chi connectivity index (χ1n) is 7.99. The van der Waals surface area contributed by atoms with E-state index in [1.165, 1.54) is 0 Å². The van der Waals surface area contributed by atoms with Crippen molar-refractivity contribution >= 4 is 17.7 Å². The van der Waals surface area contributed by atoms with Gasteiger partial charge in [-0.1, -0.05) is 30.3 Å². The first-order chi connectivity index (χ1) is 11.6. The predicted octanol–water partition coefficient (Wildman–Crippen LogP) is 2.59. The Hall–Kier alpha value is -2.66. The highest BCUT2D eigenvalue weighted by Gasteiger charge is 2.25. The Morgan fingerprint density at radius 3 is 2.88 bits per heavy atom. The van der Waals surface area contributed by atoms with E-state index in [2.05, 4.69) is 4.98 Å². The normalized spacial score (nSPS) is 18.0. The molecule has 1 aliphatic heterocycles. The number of aromatic nitrogens is 1. The average molecular weight is 323 g/mol. The Morgan fingerprint density at radius 1 is 1.33 bits per heavy atom. The lowest BCUT2D eigenvalue weighted by atomic mass is 10.1. The first-order valence-corrected chi connectivity index (χ1v) is 7.99. The lowest BCUT2D eigenvalue weighted by molar-refractivity contribution is -0.133. The standard InChI is InChI=1S/C19H21N3O2/c1-14-11-16(20)12-17(21-14)18-13-22(9-10-24-18)19(23)8-7-15-5-3-2-4-6-15/h2-8,11-12,18H,9-10,13H2,1H3,(H2,20,21)/b8-7+/t18-/m1/s1. The van der Waals surface area contributed by atoms with Gasteiger partial charge in [0.25, 0.3) is 0 Å². The number of anilines is 1. The van der Waals surface area contributed by atoms with Crippen LogP contribution < -0.4 is 5.73 Å². The van der Waals surface area contributed by atoms with E-state index in [0.717, 1.165) is 17.0 Å². The number of rotatable bonds is 3. The summed E-state index contributed by atoms with van der Waals surface area (Å²) in [6.45, 7) is 3.45. The summed E-state index contributed by atoms with van der Waals surface area (Å²) < 4.78 is 5.78. The molecule has 1 fully saturated rings. The van der Waals surface area contributed by atoms with Gasteiger partial charge in [-0.15, -0.1) is 0 Å². The molecule has 2 aromatic rings.